The molecule has 0 aromatic carbocycles. The normalized spacial score (nSPS) is 19.1. The number of furan rings is 1. The Balaban J connectivity index is 2.33. The lowest BCUT2D eigenvalue weighted by molar-refractivity contribution is -0.130. The van der Waals surface area contributed by atoms with Crippen molar-refractivity contribution in [2.24, 2.45) is 0 Å². The molecule has 0 N–H and O–H groups in total. The van der Waals surface area contributed by atoms with Gasteiger partial charge in [0.2, 0.25) is 5.91 Å². The molecule has 14 heavy (non-hydrogen) atoms. The Morgan fingerprint density at radius 2 is 2.29 bits per heavy atom. The molecular weight excluding hydrogens is 178 g/mol. The Kier molecular flexibility index (Phi) is 2.15. The molecule has 1 aromatic heterocycles. The van der Waals surface area contributed by atoms with E-state index in [-0.39, 0.29) is 11.8 Å². The third-order valence-corrected chi connectivity index (χ3v) is 2.51. The van der Waals surface area contributed by atoms with Crippen molar-refractivity contribution in [3.05, 3.63) is 29.7 Å². The van der Waals surface area contributed by atoms with Crippen LogP contribution < -0.4 is 0 Å². The van der Waals surface area contributed by atoms with E-state index in [0.29, 0.717) is 0 Å². The molecule has 0 radical (unpaired) electrons. The number of amides is 1. The molecule has 0 bridgehead atoms. The van der Waals surface area contributed by atoms with E-state index in [1.165, 1.54) is 0 Å². The van der Waals surface area contributed by atoms with Crippen molar-refractivity contribution in [2.75, 3.05) is 14.1 Å². The molecule has 1 atom stereocenters. The van der Waals surface area contributed by atoms with Crippen LogP contribution in [0.1, 0.15) is 23.5 Å². The molecule has 0 aliphatic heterocycles. The minimum atomic E-state index is -0.0660. The van der Waals surface area contributed by atoms with Gasteiger partial charge in [0.1, 0.15) is 0 Å². The van der Waals surface area contributed by atoms with Gasteiger partial charge in [-0.15, -0.1) is 0 Å². The second kappa shape index (κ2) is 3.33. The van der Waals surface area contributed by atoms with Gasteiger partial charge in [-0.25, -0.2) is 0 Å². The van der Waals surface area contributed by atoms with Crippen LogP contribution in [0.2, 0.25) is 0 Å². The largest absolute Gasteiger partial charge is 0.472 e. The zero-order valence-electron chi connectivity index (χ0n) is 8.36. The summed E-state index contributed by atoms with van der Waals surface area (Å²) in [5, 5.41) is 0. The zero-order valence-corrected chi connectivity index (χ0v) is 8.36. The van der Waals surface area contributed by atoms with Crippen molar-refractivity contribution >= 4 is 12.0 Å². The van der Waals surface area contributed by atoms with E-state index < -0.39 is 0 Å². The Labute approximate surface area is 83.0 Å². The Morgan fingerprint density at radius 1 is 1.50 bits per heavy atom. The predicted octanol–water partition coefficient (Wildman–Crippen LogP) is 1.87. The quantitative estimate of drug-likeness (QED) is 0.679. The van der Waals surface area contributed by atoms with Crippen LogP contribution in [-0.2, 0) is 4.79 Å². The molecule has 74 valence electrons. The van der Waals surface area contributed by atoms with E-state index in [1.807, 2.05) is 12.2 Å². The van der Waals surface area contributed by atoms with Gasteiger partial charge in [0, 0.05) is 25.2 Å². The molecule has 0 saturated carbocycles. The molecule has 1 aliphatic rings. The van der Waals surface area contributed by atoms with Gasteiger partial charge in [-0.05, 0) is 6.42 Å². The maximum absolute atomic E-state index is 11.8. The molecule has 0 spiro atoms. The van der Waals surface area contributed by atoms with Gasteiger partial charge < -0.3 is 9.32 Å². The summed E-state index contributed by atoms with van der Waals surface area (Å²) in [5.41, 5.74) is 2.03. The second-order valence-electron chi connectivity index (χ2n) is 3.71. The van der Waals surface area contributed by atoms with E-state index in [1.54, 1.807) is 31.5 Å². The highest BCUT2D eigenvalue weighted by Gasteiger charge is 2.26. The lowest BCUT2D eigenvalue weighted by Crippen LogP contribution is -2.28. The van der Waals surface area contributed by atoms with Crippen LogP contribution in [0.4, 0.5) is 0 Å². The van der Waals surface area contributed by atoms with Crippen molar-refractivity contribution in [2.45, 2.75) is 12.3 Å². The van der Waals surface area contributed by atoms with Crippen molar-refractivity contribution in [3.8, 4) is 0 Å². The summed E-state index contributed by atoms with van der Waals surface area (Å²) in [4.78, 5) is 13.4. The summed E-state index contributed by atoms with van der Waals surface area (Å²) in [5.74, 6) is 0.0701. The fourth-order valence-corrected chi connectivity index (χ4v) is 1.74. The number of allylic oxidation sites excluding steroid dienone is 1. The molecule has 1 aliphatic carbocycles. The number of nitrogens with zero attached hydrogens (tertiary/aromatic N) is 1. The number of hydrogen-bond donors (Lipinski definition) is 0. The maximum atomic E-state index is 11.8. The van der Waals surface area contributed by atoms with E-state index in [0.717, 1.165) is 17.5 Å². The van der Waals surface area contributed by atoms with Gasteiger partial charge >= 0.3 is 0 Å². The summed E-state index contributed by atoms with van der Waals surface area (Å²) in [6.45, 7) is 0. The van der Waals surface area contributed by atoms with E-state index in [4.69, 9.17) is 4.42 Å². The third kappa shape index (κ3) is 1.35. The van der Waals surface area contributed by atoms with Crippen molar-refractivity contribution < 1.29 is 9.21 Å². The van der Waals surface area contributed by atoms with E-state index in [9.17, 15) is 4.79 Å². The second-order valence-corrected chi connectivity index (χ2v) is 3.71. The third-order valence-electron chi connectivity index (χ3n) is 2.51. The highest BCUT2D eigenvalue weighted by molar-refractivity contribution is 5.85. The lowest BCUT2D eigenvalue weighted by atomic mass is 9.89. The Hall–Kier alpha value is -1.51. The average molecular weight is 191 g/mol. The molecule has 3 heteroatoms. The first-order valence-electron chi connectivity index (χ1n) is 4.64. The summed E-state index contributed by atoms with van der Waals surface area (Å²) in [7, 11) is 3.56. The highest BCUT2D eigenvalue weighted by atomic mass is 16.3. The molecule has 0 saturated heterocycles. The first-order valence-corrected chi connectivity index (χ1v) is 4.64. The molecule has 1 heterocycles. The van der Waals surface area contributed by atoms with Crippen molar-refractivity contribution in [1.29, 1.82) is 0 Å². The monoisotopic (exact) mass is 191 g/mol. The summed E-state index contributed by atoms with van der Waals surface area (Å²) >= 11 is 0. The average Bonchev–Trinajstić information content (AvgIpc) is 2.63. The maximum Gasteiger partial charge on any atom is 0.230 e. The number of carbonyl (C=O) groups excluding carboxylic acids is 1. The Bertz CT molecular complexity index is 376. The van der Waals surface area contributed by atoms with Gasteiger partial charge in [0.15, 0.2) is 0 Å². The van der Waals surface area contributed by atoms with Gasteiger partial charge in [-0.3, -0.25) is 4.79 Å². The molecular formula is C11H13NO2. The number of hydrogen-bond acceptors (Lipinski definition) is 2. The SMILES string of the molecule is CN(C)C(=O)C1CC=Cc2cocc21. The van der Waals surface area contributed by atoms with Crippen molar-refractivity contribution in [3.63, 3.8) is 0 Å². The molecule has 1 aromatic rings. The molecule has 1 unspecified atom stereocenters. The number of likely N-dealkylation sites (N-methyl/N-ethyl adjacent to an activating group) is 1. The first kappa shape index (κ1) is 9.06. The van der Waals surface area contributed by atoms with Gasteiger partial charge in [0.05, 0.1) is 18.4 Å². The highest BCUT2D eigenvalue weighted by Crippen LogP contribution is 2.31. The Morgan fingerprint density at radius 3 is 3.00 bits per heavy atom. The van der Waals surface area contributed by atoms with Gasteiger partial charge in [0.25, 0.3) is 0 Å². The predicted molar refractivity (Wildman–Crippen MR) is 53.8 cm³/mol. The fraction of sp³-hybridized carbons (Fsp3) is 0.364. The van der Waals surface area contributed by atoms with Crippen LogP contribution in [0.5, 0.6) is 0 Å². The molecule has 3 nitrogen and oxygen atoms in total. The lowest BCUT2D eigenvalue weighted by Gasteiger charge is -2.21. The molecule has 0 fully saturated rings. The van der Waals surface area contributed by atoms with Crippen molar-refractivity contribution in [1.82, 2.24) is 4.90 Å². The van der Waals surface area contributed by atoms with Crippen LogP contribution in [0.25, 0.3) is 6.08 Å². The summed E-state index contributed by atoms with van der Waals surface area (Å²) in [6.07, 6.45) is 8.14. The standard InChI is InChI=1S/C11H13NO2/c1-12(2)11(13)9-5-3-4-8-6-14-7-10(8)9/h3-4,6-7,9H,5H2,1-2H3. The molecule has 2 rings (SSSR count). The first-order chi connectivity index (χ1) is 6.70. The summed E-state index contributed by atoms with van der Waals surface area (Å²) in [6, 6.07) is 0. The van der Waals surface area contributed by atoms with Crippen LogP contribution in [-0.4, -0.2) is 24.9 Å². The van der Waals surface area contributed by atoms with Gasteiger partial charge in [-0.2, -0.15) is 0 Å². The van der Waals surface area contributed by atoms with E-state index >= 15 is 0 Å². The summed E-state index contributed by atoms with van der Waals surface area (Å²) < 4.78 is 5.11. The molecule has 1 amide bonds. The van der Waals surface area contributed by atoms with E-state index in [2.05, 4.69) is 0 Å². The topological polar surface area (TPSA) is 33.5 Å². The van der Waals surface area contributed by atoms with Crippen LogP contribution in [0.15, 0.2) is 23.0 Å². The number of rotatable bonds is 1. The number of carbonyl (C=O) groups is 1. The van der Waals surface area contributed by atoms with Gasteiger partial charge in [-0.1, -0.05) is 12.2 Å². The van der Waals surface area contributed by atoms with Crippen LogP contribution in [0.3, 0.4) is 0 Å². The number of fused-ring (bicyclic) bond motifs is 1. The smallest absolute Gasteiger partial charge is 0.230 e. The fourth-order valence-electron chi connectivity index (χ4n) is 1.74. The minimum Gasteiger partial charge on any atom is -0.472 e. The minimum absolute atomic E-state index is 0.0660. The van der Waals surface area contributed by atoms with Crippen LogP contribution in [0, 0.1) is 0 Å². The zero-order chi connectivity index (χ0) is 10.1. The van der Waals surface area contributed by atoms with Crippen LogP contribution >= 0.6 is 0 Å².